The van der Waals surface area contributed by atoms with Crippen LogP contribution in [0.1, 0.15) is 29.8 Å². The van der Waals surface area contributed by atoms with Crippen LogP contribution in [0.4, 0.5) is 16.3 Å². The Morgan fingerprint density at radius 3 is 2.37 bits per heavy atom. The van der Waals surface area contributed by atoms with Gasteiger partial charge < -0.3 is 21.1 Å². The normalized spacial score (nSPS) is 10.5. The van der Waals surface area contributed by atoms with Gasteiger partial charge in [-0.1, -0.05) is 42.5 Å². The molecule has 0 atom stereocenters. The zero-order chi connectivity index (χ0) is 21.5. The predicted octanol–water partition coefficient (Wildman–Crippen LogP) is 4.22. The van der Waals surface area contributed by atoms with Crippen LogP contribution >= 0.6 is 0 Å². The lowest BCUT2D eigenvalue weighted by atomic mass is 10.1. The first-order valence-electron chi connectivity index (χ1n) is 9.59. The Morgan fingerprint density at radius 2 is 1.70 bits per heavy atom. The van der Waals surface area contributed by atoms with Crippen molar-refractivity contribution in [2.45, 2.75) is 26.5 Å². The molecule has 0 aliphatic rings. The number of alkyl carbamates (subject to hydrolysis) is 1. The second kappa shape index (κ2) is 9.56. The third kappa shape index (κ3) is 5.57. The number of nitrogens with one attached hydrogen (secondary N) is 2. The van der Waals surface area contributed by atoms with Crippen molar-refractivity contribution >= 4 is 23.5 Å². The molecule has 1 aromatic heterocycles. The molecule has 30 heavy (non-hydrogen) atoms. The molecule has 0 fully saturated rings. The third-order valence-corrected chi connectivity index (χ3v) is 4.22. The summed E-state index contributed by atoms with van der Waals surface area (Å²) in [5.74, 6) is -0.0123. The molecule has 2 amide bonds. The van der Waals surface area contributed by atoms with Crippen LogP contribution in [0.5, 0.6) is 0 Å². The van der Waals surface area contributed by atoms with Crippen molar-refractivity contribution in [2.75, 3.05) is 11.1 Å². The summed E-state index contributed by atoms with van der Waals surface area (Å²) >= 11 is 0. The van der Waals surface area contributed by atoms with E-state index in [2.05, 4.69) is 15.6 Å². The zero-order valence-corrected chi connectivity index (χ0v) is 16.9. The number of ether oxygens (including phenoxy) is 1. The van der Waals surface area contributed by atoms with Gasteiger partial charge in [-0.2, -0.15) is 0 Å². The lowest BCUT2D eigenvalue weighted by molar-refractivity contribution is 0.102. The van der Waals surface area contributed by atoms with Crippen molar-refractivity contribution in [3.8, 4) is 11.3 Å². The molecule has 0 unspecified atom stereocenters. The average Bonchev–Trinajstić information content (AvgIpc) is 2.74. The molecule has 0 bridgehead atoms. The Labute approximate surface area is 175 Å². The molecule has 2 aromatic carbocycles. The fraction of sp³-hybridized carbons (Fsp3) is 0.174. The first-order valence-corrected chi connectivity index (χ1v) is 9.59. The molecule has 0 aliphatic heterocycles. The maximum absolute atomic E-state index is 12.6. The van der Waals surface area contributed by atoms with E-state index in [0.717, 1.165) is 16.8 Å². The summed E-state index contributed by atoms with van der Waals surface area (Å²) in [5.41, 5.74) is 9.32. The Hall–Kier alpha value is -3.87. The summed E-state index contributed by atoms with van der Waals surface area (Å²) in [4.78, 5) is 28.6. The number of amides is 2. The smallest absolute Gasteiger partial charge is 0.407 e. The molecule has 7 heteroatoms. The molecular weight excluding hydrogens is 380 g/mol. The second-order valence-electron chi connectivity index (χ2n) is 6.96. The fourth-order valence-corrected chi connectivity index (χ4v) is 2.72. The van der Waals surface area contributed by atoms with Crippen molar-refractivity contribution < 1.29 is 14.3 Å². The van der Waals surface area contributed by atoms with Gasteiger partial charge in [0.1, 0.15) is 0 Å². The topological polar surface area (TPSA) is 106 Å². The highest BCUT2D eigenvalue weighted by Crippen LogP contribution is 2.23. The maximum atomic E-state index is 12.6. The molecule has 0 aliphatic carbocycles. The Bertz CT molecular complexity index is 1020. The van der Waals surface area contributed by atoms with Gasteiger partial charge in [0.2, 0.25) is 0 Å². The number of benzene rings is 2. The SMILES string of the molecule is CC(C)OC(=O)NCc1ccc(C(=O)Nc2nc(-c3ccccc3)ccc2N)cc1. The molecule has 3 rings (SSSR count). The first-order chi connectivity index (χ1) is 14.4. The molecular formula is C23H24N4O3. The molecule has 0 saturated carbocycles. The molecule has 3 aromatic rings. The molecule has 0 radical (unpaired) electrons. The van der Waals surface area contributed by atoms with E-state index >= 15 is 0 Å². The van der Waals surface area contributed by atoms with Gasteiger partial charge in [0, 0.05) is 17.7 Å². The summed E-state index contributed by atoms with van der Waals surface area (Å²) in [5, 5.41) is 5.42. The average molecular weight is 404 g/mol. The highest BCUT2D eigenvalue weighted by molar-refractivity contribution is 6.05. The van der Waals surface area contributed by atoms with E-state index in [1.54, 1.807) is 44.2 Å². The van der Waals surface area contributed by atoms with Crippen molar-refractivity contribution in [3.05, 3.63) is 77.9 Å². The summed E-state index contributed by atoms with van der Waals surface area (Å²) in [6, 6.07) is 20.1. The van der Waals surface area contributed by atoms with Gasteiger partial charge in [-0.15, -0.1) is 0 Å². The third-order valence-electron chi connectivity index (χ3n) is 4.22. The minimum absolute atomic E-state index is 0.183. The van der Waals surface area contributed by atoms with Crippen LogP contribution in [-0.4, -0.2) is 23.1 Å². The van der Waals surface area contributed by atoms with E-state index in [1.165, 1.54) is 0 Å². The minimum Gasteiger partial charge on any atom is -0.447 e. The predicted molar refractivity (Wildman–Crippen MR) is 117 cm³/mol. The van der Waals surface area contributed by atoms with Crippen LogP contribution in [0.25, 0.3) is 11.3 Å². The quantitative estimate of drug-likeness (QED) is 0.570. The molecule has 154 valence electrons. The van der Waals surface area contributed by atoms with E-state index in [0.29, 0.717) is 23.6 Å². The van der Waals surface area contributed by atoms with Crippen LogP contribution in [-0.2, 0) is 11.3 Å². The molecule has 0 saturated heterocycles. The number of carbonyl (C=O) groups excluding carboxylic acids is 2. The van der Waals surface area contributed by atoms with Crippen LogP contribution < -0.4 is 16.4 Å². The zero-order valence-electron chi connectivity index (χ0n) is 16.9. The number of nitrogens with two attached hydrogens (primary N) is 1. The summed E-state index contributed by atoms with van der Waals surface area (Å²) in [6.07, 6.45) is -0.663. The standard InChI is InChI=1S/C23H24N4O3/c1-15(2)30-23(29)25-14-16-8-10-18(11-9-16)22(28)27-21-19(24)12-13-20(26-21)17-6-4-3-5-7-17/h3-13,15H,14,24H2,1-2H3,(H,25,29)(H,26,27,28). The van der Waals surface area contributed by atoms with E-state index in [1.807, 2.05) is 36.4 Å². The Kier molecular flexibility index (Phi) is 6.64. The van der Waals surface area contributed by atoms with Crippen molar-refractivity contribution in [1.29, 1.82) is 0 Å². The number of nitrogen functional groups attached to an aromatic ring is 1. The minimum atomic E-state index is -0.480. The summed E-state index contributed by atoms with van der Waals surface area (Å²) in [6.45, 7) is 3.87. The molecule has 4 N–H and O–H groups in total. The van der Waals surface area contributed by atoms with Crippen LogP contribution in [0.15, 0.2) is 66.7 Å². The first kappa shape index (κ1) is 20.9. The van der Waals surface area contributed by atoms with Crippen LogP contribution in [0, 0.1) is 0 Å². The number of rotatable bonds is 6. The highest BCUT2D eigenvalue weighted by atomic mass is 16.6. The van der Waals surface area contributed by atoms with Crippen molar-refractivity contribution in [3.63, 3.8) is 0 Å². The molecule has 1 heterocycles. The second-order valence-corrected chi connectivity index (χ2v) is 6.96. The van der Waals surface area contributed by atoms with Gasteiger partial charge in [-0.3, -0.25) is 4.79 Å². The van der Waals surface area contributed by atoms with Crippen LogP contribution in [0.3, 0.4) is 0 Å². The van der Waals surface area contributed by atoms with Gasteiger partial charge in [0.25, 0.3) is 5.91 Å². The number of anilines is 2. The Morgan fingerprint density at radius 1 is 1.00 bits per heavy atom. The van der Waals surface area contributed by atoms with Crippen molar-refractivity contribution in [1.82, 2.24) is 10.3 Å². The van der Waals surface area contributed by atoms with E-state index in [-0.39, 0.29) is 12.0 Å². The number of hydrogen-bond donors (Lipinski definition) is 3. The lowest BCUT2D eigenvalue weighted by Crippen LogP contribution is -2.26. The molecule has 0 spiro atoms. The highest BCUT2D eigenvalue weighted by Gasteiger charge is 2.11. The van der Waals surface area contributed by atoms with E-state index in [9.17, 15) is 9.59 Å². The number of aromatic nitrogens is 1. The van der Waals surface area contributed by atoms with Gasteiger partial charge in [0.15, 0.2) is 5.82 Å². The van der Waals surface area contributed by atoms with E-state index < -0.39 is 6.09 Å². The molecule has 7 nitrogen and oxygen atoms in total. The lowest BCUT2D eigenvalue weighted by Gasteiger charge is -2.11. The monoisotopic (exact) mass is 404 g/mol. The number of nitrogens with zero attached hydrogens (tertiary/aromatic N) is 1. The van der Waals surface area contributed by atoms with Gasteiger partial charge in [-0.25, -0.2) is 9.78 Å². The fourth-order valence-electron chi connectivity index (χ4n) is 2.72. The van der Waals surface area contributed by atoms with Gasteiger partial charge in [-0.05, 0) is 43.7 Å². The number of carbonyl (C=O) groups is 2. The van der Waals surface area contributed by atoms with Crippen molar-refractivity contribution in [2.24, 2.45) is 0 Å². The van der Waals surface area contributed by atoms with E-state index in [4.69, 9.17) is 10.5 Å². The largest absolute Gasteiger partial charge is 0.447 e. The van der Waals surface area contributed by atoms with Gasteiger partial charge >= 0.3 is 6.09 Å². The summed E-state index contributed by atoms with van der Waals surface area (Å²) in [7, 11) is 0. The Balaban J connectivity index is 1.65. The van der Waals surface area contributed by atoms with Gasteiger partial charge in [0.05, 0.1) is 17.5 Å². The van der Waals surface area contributed by atoms with Crippen LogP contribution in [0.2, 0.25) is 0 Å². The maximum Gasteiger partial charge on any atom is 0.407 e. The summed E-state index contributed by atoms with van der Waals surface area (Å²) < 4.78 is 5.02. The number of pyridine rings is 1. The number of hydrogen-bond acceptors (Lipinski definition) is 5.